The van der Waals surface area contributed by atoms with E-state index in [2.05, 4.69) is 10.0 Å². The van der Waals surface area contributed by atoms with E-state index in [1.165, 1.54) is 32.2 Å². The quantitative estimate of drug-likeness (QED) is 0.577. The second kappa shape index (κ2) is 7.24. The minimum absolute atomic E-state index is 0.0481. The predicted molar refractivity (Wildman–Crippen MR) is 103 cm³/mol. The normalized spacial score (nSPS) is 11.2. The van der Waals surface area contributed by atoms with E-state index in [0.717, 1.165) is 0 Å². The number of hydrogen-bond donors (Lipinski definition) is 3. The molecule has 0 aliphatic carbocycles. The number of benzene rings is 2. The molecule has 3 aromatic rings. The Morgan fingerprint density at radius 2 is 1.86 bits per heavy atom. The molecule has 0 bridgehead atoms. The Hall–Kier alpha value is -3.53. The fourth-order valence-corrected chi connectivity index (χ4v) is 3.74. The molecule has 0 aliphatic heterocycles. The van der Waals surface area contributed by atoms with Crippen molar-refractivity contribution in [3.63, 3.8) is 0 Å². The van der Waals surface area contributed by atoms with E-state index in [0.29, 0.717) is 16.7 Å². The van der Waals surface area contributed by atoms with Crippen LogP contribution in [0.4, 0.5) is 11.4 Å². The van der Waals surface area contributed by atoms with Gasteiger partial charge in [-0.05, 0) is 24.3 Å². The predicted octanol–water partition coefficient (Wildman–Crippen LogP) is 2.30. The summed E-state index contributed by atoms with van der Waals surface area (Å²) in [5.41, 5.74) is 5.90. The average molecular weight is 403 g/mol. The van der Waals surface area contributed by atoms with E-state index in [-0.39, 0.29) is 28.0 Å². The van der Waals surface area contributed by atoms with Crippen molar-refractivity contribution in [3.8, 4) is 5.75 Å². The number of sulfonamides is 1. The lowest BCUT2D eigenvalue weighted by atomic mass is 10.2. The molecule has 4 N–H and O–H groups in total. The monoisotopic (exact) mass is 403 g/mol. The van der Waals surface area contributed by atoms with E-state index in [1.807, 2.05) is 0 Å². The number of ether oxygens (including phenoxy) is 1. The number of nitrogens with two attached hydrogens (primary N) is 1. The van der Waals surface area contributed by atoms with Crippen molar-refractivity contribution in [2.45, 2.75) is 11.8 Å². The van der Waals surface area contributed by atoms with Gasteiger partial charge in [0.1, 0.15) is 17.0 Å². The molecule has 3 rings (SSSR count). The van der Waals surface area contributed by atoms with Crippen LogP contribution in [-0.2, 0) is 14.8 Å². The molecule has 2 amide bonds. The van der Waals surface area contributed by atoms with Crippen LogP contribution < -0.4 is 20.5 Å². The minimum atomic E-state index is -4.12. The zero-order valence-corrected chi connectivity index (χ0v) is 15.8. The maximum absolute atomic E-state index is 12.9. The highest BCUT2D eigenvalue weighted by Crippen LogP contribution is 2.34. The molecule has 0 fully saturated rings. The molecule has 0 spiro atoms. The van der Waals surface area contributed by atoms with Crippen molar-refractivity contribution in [3.05, 3.63) is 48.2 Å². The minimum Gasteiger partial charge on any atom is -0.495 e. The number of hydrogen-bond acceptors (Lipinski definition) is 6. The smallest absolute Gasteiger partial charge is 0.286 e. The summed E-state index contributed by atoms with van der Waals surface area (Å²) in [7, 11) is -2.77. The Kier molecular flexibility index (Phi) is 4.97. The van der Waals surface area contributed by atoms with Gasteiger partial charge in [-0.2, -0.15) is 0 Å². The van der Waals surface area contributed by atoms with Gasteiger partial charge in [0, 0.05) is 18.4 Å². The fraction of sp³-hybridized carbons (Fsp3) is 0.111. The maximum atomic E-state index is 12.9. The Labute approximate surface area is 160 Å². The molecule has 9 nitrogen and oxygen atoms in total. The Morgan fingerprint density at radius 3 is 2.50 bits per heavy atom. The standard InChI is InChI=1S/C18H17N3O6S/c1-10(22)20-13-8-7-11(9-15(13)26-2)28(24,25)21-16-12-5-3-4-6-14(12)27-17(16)18(19)23/h3-9,21H,1-2H3,(H2,19,23)(H,20,22). The lowest BCUT2D eigenvalue weighted by molar-refractivity contribution is -0.114. The van der Waals surface area contributed by atoms with Crippen LogP contribution in [0.1, 0.15) is 17.5 Å². The summed E-state index contributed by atoms with van der Waals surface area (Å²) >= 11 is 0. The molecule has 28 heavy (non-hydrogen) atoms. The summed E-state index contributed by atoms with van der Waals surface area (Å²) in [5, 5.41) is 2.93. The van der Waals surface area contributed by atoms with Crippen LogP contribution >= 0.6 is 0 Å². The van der Waals surface area contributed by atoms with E-state index < -0.39 is 15.9 Å². The average Bonchev–Trinajstić information content (AvgIpc) is 3.00. The van der Waals surface area contributed by atoms with Gasteiger partial charge in [0.25, 0.3) is 15.9 Å². The molecular weight excluding hydrogens is 386 g/mol. The molecule has 146 valence electrons. The van der Waals surface area contributed by atoms with Gasteiger partial charge in [0.05, 0.1) is 17.7 Å². The van der Waals surface area contributed by atoms with Gasteiger partial charge in [-0.1, -0.05) is 12.1 Å². The molecule has 1 aromatic heterocycles. The van der Waals surface area contributed by atoms with E-state index in [9.17, 15) is 18.0 Å². The third kappa shape index (κ3) is 3.62. The number of nitrogens with one attached hydrogen (secondary N) is 2. The second-order valence-corrected chi connectivity index (χ2v) is 7.50. The molecule has 1 heterocycles. The van der Waals surface area contributed by atoms with Crippen LogP contribution in [0.25, 0.3) is 11.0 Å². The van der Waals surface area contributed by atoms with Crippen molar-refractivity contribution < 1.29 is 27.2 Å². The third-order valence-corrected chi connectivity index (χ3v) is 5.20. The molecule has 0 aliphatic rings. The first-order chi connectivity index (χ1) is 13.2. The van der Waals surface area contributed by atoms with Gasteiger partial charge < -0.3 is 20.2 Å². The van der Waals surface area contributed by atoms with Gasteiger partial charge >= 0.3 is 0 Å². The fourth-order valence-electron chi connectivity index (χ4n) is 2.65. The Morgan fingerprint density at radius 1 is 1.14 bits per heavy atom. The lowest BCUT2D eigenvalue weighted by Gasteiger charge is -2.12. The van der Waals surface area contributed by atoms with E-state index >= 15 is 0 Å². The largest absolute Gasteiger partial charge is 0.495 e. The SMILES string of the molecule is COc1cc(S(=O)(=O)Nc2c(C(N)=O)oc3ccccc23)ccc1NC(C)=O. The third-order valence-electron chi connectivity index (χ3n) is 3.85. The summed E-state index contributed by atoms with van der Waals surface area (Å²) in [6.07, 6.45) is 0. The summed E-state index contributed by atoms with van der Waals surface area (Å²) in [4.78, 5) is 22.8. The van der Waals surface area contributed by atoms with Crippen molar-refractivity contribution in [1.29, 1.82) is 0 Å². The van der Waals surface area contributed by atoms with Gasteiger partial charge in [-0.25, -0.2) is 8.42 Å². The van der Waals surface area contributed by atoms with Crippen LogP contribution in [0.5, 0.6) is 5.75 Å². The molecule has 0 saturated carbocycles. The number of rotatable bonds is 6. The van der Waals surface area contributed by atoms with Crippen molar-refractivity contribution in [2.24, 2.45) is 5.73 Å². The number of methoxy groups -OCH3 is 1. The molecule has 2 aromatic carbocycles. The highest BCUT2D eigenvalue weighted by atomic mass is 32.2. The first-order valence-electron chi connectivity index (χ1n) is 8.02. The number of anilines is 2. The number of furan rings is 1. The van der Waals surface area contributed by atoms with E-state index in [1.54, 1.807) is 24.3 Å². The Bertz CT molecular complexity index is 1180. The van der Waals surface area contributed by atoms with E-state index in [4.69, 9.17) is 14.9 Å². The highest BCUT2D eigenvalue weighted by Gasteiger charge is 2.24. The van der Waals surface area contributed by atoms with Crippen LogP contribution in [-0.4, -0.2) is 27.3 Å². The summed E-state index contributed by atoms with van der Waals surface area (Å²) in [6.45, 7) is 1.32. The lowest BCUT2D eigenvalue weighted by Crippen LogP contribution is -2.18. The zero-order valence-electron chi connectivity index (χ0n) is 15.0. The van der Waals surface area contributed by atoms with Crippen molar-refractivity contribution in [2.75, 3.05) is 17.1 Å². The zero-order chi connectivity index (χ0) is 20.5. The molecule has 0 atom stereocenters. The van der Waals surface area contributed by atoms with Crippen molar-refractivity contribution >= 4 is 44.2 Å². The summed E-state index contributed by atoms with van der Waals surface area (Å²) < 4.78 is 38.6. The number of amides is 2. The molecule has 0 unspecified atom stereocenters. The number of carbonyl (C=O) groups is 2. The highest BCUT2D eigenvalue weighted by molar-refractivity contribution is 7.92. The Balaban J connectivity index is 2.06. The van der Waals surface area contributed by atoms with Crippen LogP contribution in [0.3, 0.4) is 0 Å². The maximum Gasteiger partial charge on any atom is 0.286 e. The van der Waals surface area contributed by atoms with Gasteiger partial charge in [0.15, 0.2) is 0 Å². The summed E-state index contributed by atoms with van der Waals surface area (Å²) in [6, 6.07) is 10.5. The van der Waals surface area contributed by atoms with Crippen molar-refractivity contribution in [1.82, 2.24) is 0 Å². The second-order valence-electron chi connectivity index (χ2n) is 5.82. The number of carbonyl (C=O) groups excluding carboxylic acids is 2. The van der Waals surface area contributed by atoms with Gasteiger partial charge in [-0.3, -0.25) is 14.3 Å². The number of primary amides is 1. The van der Waals surface area contributed by atoms with Crippen LogP contribution in [0, 0.1) is 0 Å². The summed E-state index contributed by atoms with van der Waals surface area (Å²) in [5.74, 6) is -1.38. The van der Waals surface area contributed by atoms with Crippen LogP contribution in [0.15, 0.2) is 51.8 Å². The molecular formula is C18H17N3O6S. The number of fused-ring (bicyclic) bond motifs is 1. The first kappa shape index (κ1) is 19.2. The van der Waals surface area contributed by atoms with Gasteiger partial charge in [0.2, 0.25) is 11.7 Å². The molecule has 0 radical (unpaired) electrons. The van der Waals surface area contributed by atoms with Crippen LogP contribution in [0.2, 0.25) is 0 Å². The molecule has 0 saturated heterocycles. The van der Waals surface area contributed by atoms with Gasteiger partial charge in [-0.15, -0.1) is 0 Å². The first-order valence-corrected chi connectivity index (χ1v) is 9.51. The number of para-hydroxylation sites is 1. The molecule has 10 heteroatoms. The topological polar surface area (TPSA) is 141 Å².